The fourth-order valence-electron chi connectivity index (χ4n) is 2.69. The van der Waals surface area contributed by atoms with E-state index < -0.39 is 17.6 Å². The molecule has 6 nitrogen and oxygen atoms in total. The van der Waals surface area contributed by atoms with Crippen molar-refractivity contribution in [3.63, 3.8) is 0 Å². The fraction of sp³-hybridized carbons (Fsp3) is 0.250. The third kappa shape index (κ3) is 5.99. The standard InChI is InChI=1S/C20H18ClF3N4O2S/c1-30-10-9-28-18(13-5-3-2-4-6-13)26-27-19(28)31-12-17(29)25-16-11-14(20(22,23)24)7-8-15(16)21/h2-8,11H,9-10,12H2,1H3,(H,25,29). The van der Waals surface area contributed by atoms with E-state index in [1.165, 1.54) is 0 Å². The molecule has 0 aliphatic carbocycles. The van der Waals surface area contributed by atoms with Crippen LogP contribution in [0, 0.1) is 0 Å². The number of rotatable bonds is 8. The van der Waals surface area contributed by atoms with Gasteiger partial charge in [-0.25, -0.2) is 0 Å². The van der Waals surface area contributed by atoms with E-state index in [2.05, 4.69) is 15.5 Å². The summed E-state index contributed by atoms with van der Waals surface area (Å²) in [6.07, 6.45) is -4.54. The number of alkyl halides is 3. The molecule has 1 amide bonds. The average molecular weight is 471 g/mol. The maximum atomic E-state index is 12.9. The lowest BCUT2D eigenvalue weighted by Crippen LogP contribution is -2.16. The number of carbonyl (C=O) groups excluding carboxylic acids is 1. The highest BCUT2D eigenvalue weighted by Crippen LogP contribution is 2.34. The first-order valence-corrected chi connectivity index (χ1v) is 10.4. The van der Waals surface area contributed by atoms with Crippen LogP contribution in [-0.4, -0.2) is 40.1 Å². The maximum Gasteiger partial charge on any atom is 0.416 e. The van der Waals surface area contributed by atoms with Crippen LogP contribution in [0.2, 0.25) is 5.02 Å². The summed E-state index contributed by atoms with van der Waals surface area (Å²) in [4.78, 5) is 12.3. The monoisotopic (exact) mass is 470 g/mol. The molecule has 0 aliphatic heterocycles. The molecule has 0 saturated carbocycles. The second kappa shape index (κ2) is 10.2. The highest BCUT2D eigenvalue weighted by molar-refractivity contribution is 7.99. The second-order valence-corrected chi connectivity index (χ2v) is 7.70. The van der Waals surface area contributed by atoms with Crippen molar-refractivity contribution in [2.75, 3.05) is 24.8 Å². The van der Waals surface area contributed by atoms with Gasteiger partial charge in [-0.2, -0.15) is 13.2 Å². The van der Waals surface area contributed by atoms with Gasteiger partial charge in [0.15, 0.2) is 11.0 Å². The molecule has 0 spiro atoms. The molecular weight excluding hydrogens is 453 g/mol. The second-order valence-electron chi connectivity index (χ2n) is 6.35. The smallest absolute Gasteiger partial charge is 0.383 e. The van der Waals surface area contributed by atoms with E-state index in [1.807, 2.05) is 34.9 Å². The van der Waals surface area contributed by atoms with Gasteiger partial charge in [-0.15, -0.1) is 10.2 Å². The van der Waals surface area contributed by atoms with Crippen LogP contribution in [0.15, 0.2) is 53.7 Å². The lowest BCUT2D eigenvalue weighted by molar-refractivity contribution is -0.137. The van der Waals surface area contributed by atoms with Gasteiger partial charge in [0, 0.05) is 12.7 Å². The normalized spacial score (nSPS) is 11.5. The van der Waals surface area contributed by atoms with Gasteiger partial charge in [0.05, 0.1) is 35.2 Å². The Morgan fingerprint density at radius 2 is 1.94 bits per heavy atom. The third-order valence-electron chi connectivity index (χ3n) is 4.17. The van der Waals surface area contributed by atoms with Gasteiger partial charge in [-0.1, -0.05) is 53.7 Å². The Balaban J connectivity index is 1.73. The van der Waals surface area contributed by atoms with Crippen LogP contribution in [0.25, 0.3) is 11.4 Å². The van der Waals surface area contributed by atoms with Crippen molar-refractivity contribution in [3.8, 4) is 11.4 Å². The molecule has 11 heteroatoms. The first kappa shape index (κ1) is 23.1. The number of aromatic nitrogens is 3. The van der Waals surface area contributed by atoms with Crippen molar-refractivity contribution in [3.05, 3.63) is 59.1 Å². The molecule has 0 bridgehead atoms. The summed E-state index contributed by atoms with van der Waals surface area (Å²) >= 11 is 7.04. The van der Waals surface area contributed by atoms with E-state index in [1.54, 1.807) is 7.11 Å². The van der Waals surface area contributed by atoms with E-state index in [9.17, 15) is 18.0 Å². The molecule has 31 heavy (non-hydrogen) atoms. The number of methoxy groups -OCH3 is 1. The van der Waals surface area contributed by atoms with Crippen LogP contribution in [0.4, 0.5) is 18.9 Å². The molecule has 0 saturated heterocycles. The molecular formula is C20H18ClF3N4O2S. The van der Waals surface area contributed by atoms with E-state index in [0.717, 1.165) is 35.5 Å². The van der Waals surface area contributed by atoms with E-state index in [0.29, 0.717) is 24.1 Å². The van der Waals surface area contributed by atoms with Crippen LogP contribution in [0.3, 0.4) is 0 Å². The first-order chi connectivity index (χ1) is 14.8. The Hall–Kier alpha value is -2.56. The minimum absolute atomic E-state index is 0.0148. The van der Waals surface area contributed by atoms with Gasteiger partial charge in [0.1, 0.15) is 0 Å². The molecule has 0 fully saturated rings. The van der Waals surface area contributed by atoms with Crippen LogP contribution in [0.5, 0.6) is 0 Å². The van der Waals surface area contributed by atoms with Crippen molar-refractivity contribution in [2.45, 2.75) is 17.9 Å². The van der Waals surface area contributed by atoms with Crippen LogP contribution < -0.4 is 5.32 Å². The van der Waals surface area contributed by atoms with Gasteiger partial charge in [-0.05, 0) is 18.2 Å². The molecule has 0 unspecified atom stereocenters. The summed E-state index contributed by atoms with van der Waals surface area (Å²) in [6, 6.07) is 12.2. The Morgan fingerprint density at radius 3 is 2.61 bits per heavy atom. The summed E-state index contributed by atoms with van der Waals surface area (Å²) in [7, 11) is 1.58. The maximum absolute atomic E-state index is 12.9. The van der Waals surface area contributed by atoms with Crippen LogP contribution >= 0.6 is 23.4 Å². The zero-order valence-corrected chi connectivity index (χ0v) is 17.9. The highest BCUT2D eigenvalue weighted by Gasteiger charge is 2.31. The Kier molecular flexibility index (Phi) is 7.58. The van der Waals surface area contributed by atoms with Crippen LogP contribution in [-0.2, 0) is 22.3 Å². The lowest BCUT2D eigenvalue weighted by Gasteiger charge is -2.12. The SMILES string of the molecule is COCCn1c(SCC(=O)Nc2cc(C(F)(F)F)ccc2Cl)nnc1-c1ccccc1. The molecule has 164 valence electrons. The lowest BCUT2D eigenvalue weighted by atomic mass is 10.2. The predicted molar refractivity (Wildman–Crippen MR) is 113 cm³/mol. The molecule has 0 radical (unpaired) electrons. The highest BCUT2D eigenvalue weighted by atomic mass is 35.5. The number of halogens is 4. The van der Waals surface area contributed by atoms with Crippen molar-refractivity contribution in [1.82, 2.24) is 14.8 Å². The van der Waals surface area contributed by atoms with Crippen LogP contribution in [0.1, 0.15) is 5.56 Å². The molecule has 1 heterocycles. The number of amides is 1. The quantitative estimate of drug-likeness (QED) is 0.469. The third-order valence-corrected chi connectivity index (χ3v) is 5.46. The van der Waals surface area contributed by atoms with Gasteiger partial charge in [-0.3, -0.25) is 9.36 Å². The molecule has 1 aromatic heterocycles. The number of nitrogens with one attached hydrogen (secondary N) is 1. The number of nitrogens with zero attached hydrogens (tertiary/aromatic N) is 3. The zero-order valence-electron chi connectivity index (χ0n) is 16.3. The van der Waals surface area contributed by atoms with E-state index in [-0.39, 0.29) is 16.5 Å². The van der Waals surface area contributed by atoms with E-state index >= 15 is 0 Å². The molecule has 0 aliphatic rings. The minimum Gasteiger partial charge on any atom is -0.383 e. The summed E-state index contributed by atoms with van der Waals surface area (Å²) in [5.41, 5.74) is -0.141. The molecule has 2 aromatic carbocycles. The number of benzene rings is 2. The van der Waals surface area contributed by atoms with Crippen molar-refractivity contribution >= 4 is 35.0 Å². The molecule has 0 atom stereocenters. The van der Waals surface area contributed by atoms with Gasteiger partial charge in [0.2, 0.25) is 5.91 Å². The number of ether oxygens (including phenoxy) is 1. The summed E-state index contributed by atoms with van der Waals surface area (Å²) in [5.74, 6) is 0.0159. The number of thioether (sulfide) groups is 1. The topological polar surface area (TPSA) is 69.0 Å². The Bertz CT molecular complexity index is 1040. The summed E-state index contributed by atoms with van der Waals surface area (Å²) < 4.78 is 45.7. The van der Waals surface area contributed by atoms with Crippen molar-refractivity contribution < 1.29 is 22.7 Å². The molecule has 3 rings (SSSR count). The largest absolute Gasteiger partial charge is 0.416 e. The minimum atomic E-state index is -4.54. The van der Waals surface area contributed by atoms with Gasteiger partial charge in [0.25, 0.3) is 0 Å². The number of anilines is 1. The van der Waals surface area contributed by atoms with Crippen molar-refractivity contribution in [1.29, 1.82) is 0 Å². The van der Waals surface area contributed by atoms with Crippen molar-refractivity contribution in [2.24, 2.45) is 0 Å². The molecule has 1 N–H and O–H groups in total. The number of hydrogen-bond donors (Lipinski definition) is 1. The number of hydrogen-bond acceptors (Lipinski definition) is 5. The fourth-order valence-corrected chi connectivity index (χ4v) is 3.62. The first-order valence-electron chi connectivity index (χ1n) is 9.06. The zero-order chi connectivity index (χ0) is 22.4. The van der Waals surface area contributed by atoms with E-state index in [4.69, 9.17) is 16.3 Å². The van der Waals surface area contributed by atoms with Gasteiger partial charge >= 0.3 is 6.18 Å². The summed E-state index contributed by atoms with van der Waals surface area (Å²) in [5, 5.41) is 11.3. The Labute approximate surface area is 185 Å². The van der Waals surface area contributed by atoms with Gasteiger partial charge < -0.3 is 10.1 Å². The summed E-state index contributed by atoms with van der Waals surface area (Å²) in [6.45, 7) is 0.884. The number of carbonyl (C=O) groups is 1. The predicted octanol–water partition coefficient (Wildman–Crippen LogP) is 4.99. The average Bonchev–Trinajstić information content (AvgIpc) is 3.15. The Morgan fingerprint density at radius 1 is 1.19 bits per heavy atom. The molecule has 3 aromatic rings.